The van der Waals surface area contributed by atoms with Gasteiger partial charge in [0.15, 0.2) is 0 Å². The van der Waals surface area contributed by atoms with Crippen LogP contribution in [0.1, 0.15) is 126 Å². The Balaban J connectivity index is 1.28. The fourth-order valence-corrected chi connectivity index (χ4v) is 10.6. The monoisotopic (exact) mass is 486 g/mol. The minimum Gasteiger partial charge on any atom is -0.462 e. The summed E-state index contributed by atoms with van der Waals surface area (Å²) in [4.78, 5) is 12.6. The first-order valence-corrected chi connectivity index (χ1v) is 15.2. The lowest BCUT2D eigenvalue weighted by Gasteiger charge is -2.57. The molecule has 5 saturated carbocycles. The van der Waals surface area contributed by atoms with Crippen LogP contribution in [0.4, 0.5) is 0 Å². The number of carbonyl (C=O) groups is 1. The predicted molar refractivity (Wildman–Crippen MR) is 142 cm³/mol. The number of hydrogen-bond acceptors (Lipinski definition) is 3. The van der Waals surface area contributed by atoms with E-state index in [0.717, 1.165) is 55.3 Å². The van der Waals surface area contributed by atoms with E-state index in [1.165, 1.54) is 51.4 Å². The molecule has 5 aliphatic rings. The topological polar surface area (TPSA) is 46.5 Å². The fraction of sp³-hybridized carbons (Fsp3) is 0.969. The normalized spacial score (nSPS) is 47.3. The van der Waals surface area contributed by atoms with Gasteiger partial charge in [-0.1, -0.05) is 47.0 Å². The maximum Gasteiger partial charge on any atom is 0.311 e. The summed E-state index contributed by atoms with van der Waals surface area (Å²) >= 11 is 0. The van der Waals surface area contributed by atoms with Crippen LogP contribution in [0.25, 0.3) is 0 Å². The standard InChI is InChI=1S/C32H54O3/c1-20(2)9-8-10-21(3)24-11-12-25-23-17-27(33)32-18-22(35-28(34)29(4,5)6)13-16-31(32,19-32)26(23)14-15-30(24,25)7/h20-27,33H,8-19H2,1-7H3/t21?,22-,23?,24+,25?,26?,27?,30+,31-,32+/m0/s1. The molecule has 0 amide bonds. The van der Waals surface area contributed by atoms with Crippen molar-refractivity contribution in [2.24, 2.45) is 57.2 Å². The molecular weight excluding hydrogens is 432 g/mol. The SMILES string of the molecule is CC(C)CCCC(C)[C@H]1CCC2C3CC(O)[C@]45C[C@@H](OC(=O)C(C)(C)C)CC[C@]4(C5)C3CC[C@@]21C. The predicted octanol–water partition coefficient (Wildman–Crippen LogP) is 7.79. The summed E-state index contributed by atoms with van der Waals surface area (Å²) in [6, 6.07) is 0. The minimum atomic E-state index is -0.454. The minimum absolute atomic E-state index is 0.0000407. The number of carbonyl (C=O) groups excluding carboxylic acids is 1. The molecule has 3 heteroatoms. The zero-order valence-electron chi connectivity index (χ0n) is 23.9. The highest BCUT2D eigenvalue weighted by molar-refractivity contribution is 5.75. The Morgan fingerprint density at radius 1 is 1.00 bits per heavy atom. The van der Waals surface area contributed by atoms with E-state index in [1.54, 1.807) is 0 Å². The lowest BCUT2D eigenvalue weighted by molar-refractivity contribution is -0.169. The molecule has 0 aromatic carbocycles. The van der Waals surface area contributed by atoms with E-state index < -0.39 is 5.41 Å². The van der Waals surface area contributed by atoms with Gasteiger partial charge in [-0.3, -0.25) is 4.79 Å². The Bertz CT molecular complexity index is 812. The summed E-state index contributed by atoms with van der Waals surface area (Å²) in [6.45, 7) is 15.7. The summed E-state index contributed by atoms with van der Waals surface area (Å²) in [6.07, 6.45) is 14.7. The van der Waals surface area contributed by atoms with Gasteiger partial charge in [-0.25, -0.2) is 0 Å². The summed E-state index contributed by atoms with van der Waals surface area (Å²) in [7, 11) is 0. The molecule has 200 valence electrons. The molecule has 0 aromatic heterocycles. The molecule has 3 nitrogen and oxygen atoms in total. The molecule has 10 atom stereocenters. The molecule has 0 saturated heterocycles. The number of aliphatic hydroxyl groups excluding tert-OH is 1. The van der Waals surface area contributed by atoms with Crippen molar-refractivity contribution in [1.29, 1.82) is 0 Å². The van der Waals surface area contributed by atoms with E-state index in [0.29, 0.717) is 16.7 Å². The highest BCUT2D eigenvalue weighted by atomic mass is 16.5. The van der Waals surface area contributed by atoms with Crippen molar-refractivity contribution in [2.75, 3.05) is 0 Å². The highest BCUT2D eigenvalue weighted by Crippen LogP contribution is 2.83. The average Bonchev–Trinajstić information content (AvgIpc) is 3.34. The van der Waals surface area contributed by atoms with Gasteiger partial charge in [-0.15, -0.1) is 0 Å². The van der Waals surface area contributed by atoms with Crippen LogP contribution in [-0.4, -0.2) is 23.3 Å². The van der Waals surface area contributed by atoms with Gasteiger partial charge in [-0.05, 0) is 125 Å². The van der Waals surface area contributed by atoms with Crippen molar-refractivity contribution < 1.29 is 14.6 Å². The van der Waals surface area contributed by atoms with Gasteiger partial charge in [0.05, 0.1) is 11.5 Å². The van der Waals surface area contributed by atoms with Crippen LogP contribution >= 0.6 is 0 Å². The second-order valence-electron chi connectivity index (χ2n) is 15.7. The third-order valence-electron chi connectivity index (χ3n) is 12.4. The lowest BCUT2D eigenvalue weighted by Crippen LogP contribution is -2.54. The van der Waals surface area contributed by atoms with E-state index in [1.807, 2.05) is 20.8 Å². The summed E-state index contributed by atoms with van der Waals surface area (Å²) in [5.41, 5.74) is 0.390. The molecular formula is C32H54O3. The van der Waals surface area contributed by atoms with E-state index >= 15 is 0 Å². The number of hydrogen-bond donors (Lipinski definition) is 1. The number of esters is 1. The van der Waals surface area contributed by atoms with Crippen LogP contribution in [0.15, 0.2) is 0 Å². The van der Waals surface area contributed by atoms with Crippen LogP contribution in [0.5, 0.6) is 0 Å². The van der Waals surface area contributed by atoms with Crippen molar-refractivity contribution in [3.05, 3.63) is 0 Å². The number of rotatable bonds is 6. The Morgan fingerprint density at radius 2 is 1.74 bits per heavy atom. The maximum absolute atomic E-state index is 12.6. The molecule has 5 aliphatic carbocycles. The van der Waals surface area contributed by atoms with E-state index in [-0.39, 0.29) is 23.6 Å². The van der Waals surface area contributed by atoms with Crippen molar-refractivity contribution >= 4 is 5.97 Å². The summed E-state index contributed by atoms with van der Waals surface area (Å²) < 4.78 is 6.00. The van der Waals surface area contributed by atoms with Crippen LogP contribution in [0, 0.1) is 57.2 Å². The van der Waals surface area contributed by atoms with Gasteiger partial charge >= 0.3 is 5.97 Å². The van der Waals surface area contributed by atoms with Crippen LogP contribution in [-0.2, 0) is 9.53 Å². The molecule has 35 heavy (non-hydrogen) atoms. The average molecular weight is 487 g/mol. The Morgan fingerprint density at radius 3 is 2.43 bits per heavy atom. The molecule has 0 radical (unpaired) electrons. The fourth-order valence-electron chi connectivity index (χ4n) is 10.6. The largest absolute Gasteiger partial charge is 0.462 e. The maximum atomic E-state index is 12.6. The summed E-state index contributed by atoms with van der Waals surface area (Å²) in [5.74, 6) is 4.74. The molecule has 5 rings (SSSR count). The Hall–Kier alpha value is -0.570. The number of aliphatic hydroxyl groups is 1. The molecule has 0 aromatic rings. The summed E-state index contributed by atoms with van der Waals surface area (Å²) in [5, 5.41) is 11.7. The smallest absolute Gasteiger partial charge is 0.311 e. The third-order valence-corrected chi connectivity index (χ3v) is 12.4. The molecule has 1 N–H and O–H groups in total. The molecule has 5 unspecified atom stereocenters. The molecule has 5 fully saturated rings. The van der Waals surface area contributed by atoms with Gasteiger partial charge < -0.3 is 9.84 Å². The lowest BCUT2D eigenvalue weighted by atomic mass is 9.48. The van der Waals surface area contributed by atoms with E-state index in [2.05, 4.69) is 27.7 Å². The van der Waals surface area contributed by atoms with Gasteiger partial charge in [0.25, 0.3) is 0 Å². The second-order valence-corrected chi connectivity index (χ2v) is 15.7. The van der Waals surface area contributed by atoms with E-state index in [9.17, 15) is 9.90 Å². The Kier molecular flexibility index (Phi) is 6.50. The zero-order valence-corrected chi connectivity index (χ0v) is 23.9. The molecule has 0 aliphatic heterocycles. The number of fused-ring (bicyclic) bond motifs is 3. The molecule has 0 spiro atoms. The van der Waals surface area contributed by atoms with E-state index in [4.69, 9.17) is 4.74 Å². The third kappa shape index (κ3) is 4.04. The van der Waals surface area contributed by atoms with Crippen LogP contribution in [0.3, 0.4) is 0 Å². The van der Waals surface area contributed by atoms with Crippen molar-refractivity contribution in [3.8, 4) is 0 Å². The van der Waals surface area contributed by atoms with Gasteiger partial charge in [0.2, 0.25) is 0 Å². The van der Waals surface area contributed by atoms with Crippen molar-refractivity contribution in [3.63, 3.8) is 0 Å². The second kappa shape index (κ2) is 8.74. The molecule has 0 heterocycles. The zero-order chi connectivity index (χ0) is 25.4. The van der Waals surface area contributed by atoms with Gasteiger partial charge in [-0.2, -0.15) is 0 Å². The van der Waals surface area contributed by atoms with Gasteiger partial charge in [0.1, 0.15) is 6.10 Å². The first-order chi connectivity index (χ1) is 16.3. The highest BCUT2D eigenvalue weighted by Gasteiger charge is 2.79. The first kappa shape index (κ1) is 26.1. The van der Waals surface area contributed by atoms with Crippen molar-refractivity contribution in [2.45, 2.75) is 138 Å². The van der Waals surface area contributed by atoms with Crippen molar-refractivity contribution in [1.82, 2.24) is 0 Å². The Labute approximate surface area is 215 Å². The van der Waals surface area contributed by atoms with Crippen LogP contribution < -0.4 is 0 Å². The quantitative estimate of drug-likeness (QED) is 0.390. The first-order valence-electron chi connectivity index (χ1n) is 15.2. The number of ether oxygens (including phenoxy) is 1. The molecule has 0 bridgehead atoms. The van der Waals surface area contributed by atoms with Crippen LogP contribution in [0.2, 0.25) is 0 Å². The van der Waals surface area contributed by atoms with Gasteiger partial charge in [0, 0.05) is 5.41 Å².